The molecule has 0 aliphatic heterocycles. The molecule has 0 aromatic carbocycles. The van der Waals surface area contributed by atoms with Gasteiger partial charge < -0.3 is 5.32 Å². The van der Waals surface area contributed by atoms with Gasteiger partial charge in [-0.25, -0.2) is 9.97 Å². The molecule has 1 saturated carbocycles. The van der Waals surface area contributed by atoms with E-state index >= 15 is 0 Å². The van der Waals surface area contributed by atoms with Gasteiger partial charge in [-0.15, -0.1) is 0 Å². The number of nitrogens with zero attached hydrogens (tertiary/aromatic N) is 3. The third-order valence-corrected chi connectivity index (χ3v) is 4.63. The first-order chi connectivity index (χ1) is 12.9. The summed E-state index contributed by atoms with van der Waals surface area (Å²) in [4.78, 5) is 22.5. The van der Waals surface area contributed by atoms with E-state index in [0.29, 0.717) is 25.4 Å². The van der Waals surface area contributed by atoms with Gasteiger partial charge in [0.15, 0.2) is 5.69 Å². The van der Waals surface area contributed by atoms with E-state index in [0.717, 1.165) is 12.3 Å². The van der Waals surface area contributed by atoms with E-state index < -0.39 is 40.5 Å². The lowest BCUT2D eigenvalue weighted by Gasteiger charge is -2.18. The molecule has 0 atom stereocenters. The van der Waals surface area contributed by atoms with E-state index in [1.165, 1.54) is 0 Å². The van der Waals surface area contributed by atoms with Crippen LogP contribution in [0.25, 0.3) is 0 Å². The SMILES string of the molecule is O=C(NCC1(c2ncc(C(F)(F)F)cc2Cl)CC1)c1cncnc1C(F)(F)F. The summed E-state index contributed by atoms with van der Waals surface area (Å²) in [6.07, 6.45) is -6.48. The highest BCUT2D eigenvalue weighted by atomic mass is 35.5. The van der Waals surface area contributed by atoms with Crippen LogP contribution < -0.4 is 5.32 Å². The Morgan fingerprint density at radius 3 is 2.32 bits per heavy atom. The molecule has 3 rings (SSSR count). The number of nitrogens with one attached hydrogen (secondary N) is 1. The molecule has 150 valence electrons. The van der Waals surface area contributed by atoms with E-state index in [1.54, 1.807) is 0 Å². The summed E-state index contributed by atoms with van der Waals surface area (Å²) in [5.74, 6) is -1.05. The van der Waals surface area contributed by atoms with Gasteiger partial charge in [-0.2, -0.15) is 26.3 Å². The second-order valence-electron chi connectivity index (χ2n) is 6.30. The Labute approximate surface area is 159 Å². The maximum absolute atomic E-state index is 13.0. The van der Waals surface area contributed by atoms with E-state index in [1.807, 2.05) is 0 Å². The summed E-state index contributed by atoms with van der Waals surface area (Å²) in [5, 5.41) is 2.12. The predicted octanol–water partition coefficient (Wildman–Crippen LogP) is 4.02. The molecule has 0 saturated heterocycles. The van der Waals surface area contributed by atoms with Crippen molar-refractivity contribution >= 4 is 17.5 Å². The molecule has 28 heavy (non-hydrogen) atoms. The summed E-state index contributed by atoms with van der Waals surface area (Å²) in [7, 11) is 0. The average Bonchev–Trinajstić information content (AvgIpc) is 3.39. The van der Waals surface area contributed by atoms with Crippen LogP contribution in [0.4, 0.5) is 26.3 Å². The fourth-order valence-corrected chi connectivity index (χ4v) is 3.06. The molecule has 0 bridgehead atoms. The largest absolute Gasteiger partial charge is 0.434 e. The van der Waals surface area contributed by atoms with Crippen molar-refractivity contribution in [3.05, 3.63) is 52.3 Å². The third kappa shape index (κ3) is 4.03. The molecule has 1 aliphatic rings. The van der Waals surface area contributed by atoms with Gasteiger partial charge in [-0.3, -0.25) is 9.78 Å². The van der Waals surface area contributed by atoms with Crippen molar-refractivity contribution in [2.24, 2.45) is 0 Å². The van der Waals surface area contributed by atoms with Crippen molar-refractivity contribution in [3.63, 3.8) is 0 Å². The van der Waals surface area contributed by atoms with Crippen molar-refractivity contribution < 1.29 is 31.1 Å². The van der Waals surface area contributed by atoms with Crippen molar-refractivity contribution in [3.8, 4) is 0 Å². The summed E-state index contributed by atoms with van der Waals surface area (Å²) in [6.45, 7) is -0.143. The zero-order chi connectivity index (χ0) is 20.7. The zero-order valence-corrected chi connectivity index (χ0v) is 14.6. The highest BCUT2D eigenvalue weighted by molar-refractivity contribution is 6.31. The number of hydrogen-bond donors (Lipinski definition) is 1. The first-order valence-corrected chi connectivity index (χ1v) is 8.20. The Hall–Kier alpha value is -2.43. The molecule has 0 radical (unpaired) electrons. The van der Waals surface area contributed by atoms with Crippen LogP contribution in [0.3, 0.4) is 0 Å². The minimum absolute atomic E-state index is 0.143. The number of carbonyl (C=O) groups is 1. The Balaban J connectivity index is 1.78. The lowest BCUT2D eigenvalue weighted by molar-refractivity contribution is -0.141. The van der Waals surface area contributed by atoms with Crippen LogP contribution >= 0.6 is 11.6 Å². The van der Waals surface area contributed by atoms with E-state index in [-0.39, 0.29) is 17.3 Å². The summed E-state index contributed by atoms with van der Waals surface area (Å²) < 4.78 is 77.1. The van der Waals surface area contributed by atoms with Gasteiger partial charge in [0, 0.05) is 24.4 Å². The van der Waals surface area contributed by atoms with Crippen molar-refractivity contribution in [1.82, 2.24) is 20.3 Å². The lowest BCUT2D eigenvalue weighted by atomic mass is 10.0. The van der Waals surface area contributed by atoms with Gasteiger partial charge in [0.1, 0.15) is 6.33 Å². The van der Waals surface area contributed by atoms with Crippen molar-refractivity contribution in [2.45, 2.75) is 30.6 Å². The minimum Gasteiger partial charge on any atom is -0.351 e. The smallest absolute Gasteiger partial charge is 0.351 e. The van der Waals surface area contributed by atoms with Crippen LogP contribution in [0.15, 0.2) is 24.8 Å². The number of rotatable bonds is 4. The molecule has 2 heterocycles. The maximum Gasteiger partial charge on any atom is 0.434 e. The molecule has 1 N–H and O–H groups in total. The predicted molar refractivity (Wildman–Crippen MR) is 84.5 cm³/mol. The first-order valence-electron chi connectivity index (χ1n) is 7.83. The molecule has 12 heteroatoms. The zero-order valence-electron chi connectivity index (χ0n) is 13.8. The van der Waals surface area contributed by atoms with Gasteiger partial charge in [-0.05, 0) is 18.9 Å². The number of pyridine rings is 1. The normalized spacial score (nSPS) is 16.0. The molecule has 5 nitrogen and oxygen atoms in total. The molecular weight excluding hydrogens is 414 g/mol. The number of carbonyl (C=O) groups excluding carboxylic acids is 1. The van der Waals surface area contributed by atoms with Crippen LogP contribution in [0.1, 0.15) is 40.2 Å². The van der Waals surface area contributed by atoms with Gasteiger partial charge >= 0.3 is 12.4 Å². The second kappa shape index (κ2) is 6.87. The molecule has 1 fully saturated rings. The Bertz CT molecular complexity index is 911. The Morgan fingerprint density at radius 2 is 1.79 bits per heavy atom. The molecule has 1 aliphatic carbocycles. The first kappa shape index (κ1) is 20.3. The highest BCUT2D eigenvalue weighted by Crippen LogP contribution is 2.49. The number of halogens is 7. The van der Waals surface area contributed by atoms with Gasteiger partial charge in [-0.1, -0.05) is 11.6 Å². The molecule has 2 aromatic rings. The van der Waals surface area contributed by atoms with Gasteiger partial charge in [0.25, 0.3) is 5.91 Å². The Kier molecular flexibility index (Phi) is 4.98. The monoisotopic (exact) mass is 424 g/mol. The van der Waals surface area contributed by atoms with Crippen LogP contribution in [-0.2, 0) is 17.8 Å². The van der Waals surface area contributed by atoms with Crippen LogP contribution in [-0.4, -0.2) is 27.4 Å². The van der Waals surface area contributed by atoms with Crippen molar-refractivity contribution in [1.29, 1.82) is 0 Å². The second-order valence-corrected chi connectivity index (χ2v) is 6.71. The molecule has 0 spiro atoms. The molecule has 1 amide bonds. The summed E-state index contributed by atoms with van der Waals surface area (Å²) in [5.41, 5.74) is -3.82. The summed E-state index contributed by atoms with van der Waals surface area (Å²) in [6, 6.07) is 0.735. The quantitative estimate of drug-likeness (QED) is 0.753. The van der Waals surface area contributed by atoms with E-state index in [4.69, 9.17) is 11.6 Å². The van der Waals surface area contributed by atoms with Crippen molar-refractivity contribution in [2.75, 3.05) is 6.54 Å². The van der Waals surface area contributed by atoms with Crippen LogP contribution in [0, 0.1) is 0 Å². The Morgan fingerprint density at radius 1 is 1.11 bits per heavy atom. The van der Waals surface area contributed by atoms with Crippen LogP contribution in [0.2, 0.25) is 5.02 Å². The fraction of sp³-hybridized carbons (Fsp3) is 0.375. The fourth-order valence-electron chi connectivity index (χ4n) is 2.70. The van der Waals surface area contributed by atoms with E-state index in [9.17, 15) is 31.1 Å². The number of amides is 1. The van der Waals surface area contributed by atoms with Crippen LogP contribution in [0.5, 0.6) is 0 Å². The standard InChI is InChI=1S/C16H11ClF6N4O/c17-10-3-8(15(18,19)20)4-25-12(10)14(1-2-14)6-26-13(28)9-5-24-7-27-11(9)16(21,22)23/h3-5,7H,1-2,6H2,(H,26,28). The lowest BCUT2D eigenvalue weighted by Crippen LogP contribution is -2.34. The number of aromatic nitrogens is 3. The maximum atomic E-state index is 13.0. The molecule has 0 unspecified atom stereocenters. The van der Waals surface area contributed by atoms with E-state index in [2.05, 4.69) is 20.3 Å². The van der Waals surface area contributed by atoms with Gasteiger partial charge in [0.05, 0.1) is 21.8 Å². The number of hydrogen-bond acceptors (Lipinski definition) is 4. The summed E-state index contributed by atoms with van der Waals surface area (Å²) >= 11 is 5.93. The topological polar surface area (TPSA) is 67.8 Å². The van der Waals surface area contributed by atoms with Gasteiger partial charge in [0.2, 0.25) is 0 Å². The molecule has 2 aromatic heterocycles. The number of alkyl halides is 6. The third-order valence-electron chi connectivity index (χ3n) is 4.34. The highest BCUT2D eigenvalue weighted by Gasteiger charge is 2.48. The minimum atomic E-state index is -4.84. The average molecular weight is 425 g/mol. The molecular formula is C16H11ClF6N4O.